The monoisotopic (exact) mass is 282 g/mol. The zero-order valence-electron chi connectivity index (χ0n) is 12.2. The lowest BCUT2D eigenvalue weighted by Gasteiger charge is -2.07. The van der Waals surface area contributed by atoms with Crippen LogP contribution in [0.3, 0.4) is 0 Å². The summed E-state index contributed by atoms with van der Waals surface area (Å²) in [7, 11) is 0. The van der Waals surface area contributed by atoms with Gasteiger partial charge in [0.05, 0.1) is 0 Å². The molecule has 110 valence electrons. The van der Waals surface area contributed by atoms with Gasteiger partial charge in [-0.1, -0.05) is 36.8 Å². The Labute approximate surface area is 126 Å². The standard InChI is InChI=1S/C18H22N2O/c19-13-5-2-6-14-20-17-11-9-16(10-12-17)18(21)15-7-3-1-4-8-15/h1,3-4,7-12,20H,2,5-6,13-14,19H2. The van der Waals surface area contributed by atoms with Gasteiger partial charge in [0.15, 0.2) is 5.78 Å². The highest BCUT2D eigenvalue weighted by molar-refractivity contribution is 6.09. The number of anilines is 1. The van der Waals surface area contributed by atoms with Crippen LogP contribution in [0.25, 0.3) is 0 Å². The molecule has 2 aromatic rings. The average Bonchev–Trinajstić information content (AvgIpc) is 2.55. The van der Waals surface area contributed by atoms with Crippen molar-refractivity contribution in [2.24, 2.45) is 5.73 Å². The minimum atomic E-state index is 0.0603. The summed E-state index contributed by atoms with van der Waals surface area (Å²) in [4.78, 5) is 12.3. The molecule has 0 aliphatic carbocycles. The lowest BCUT2D eigenvalue weighted by atomic mass is 10.0. The number of benzene rings is 2. The molecule has 0 aliphatic rings. The number of unbranched alkanes of at least 4 members (excludes halogenated alkanes) is 2. The zero-order valence-corrected chi connectivity index (χ0v) is 12.2. The van der Waals surface area contributed by atoms with E-state index in [-0.39, 0.29) is 5.78 Å². The molecule has 0 aliphatic heterocycles. The molecule has 0 heterocycles. The van der Waals surface area contributed by atoms with E-state index in [0.717, 1.165) is 49.2 Å². The van der Waals surface area contributed by atoms with Crippen molar-refractivity contribution in [2.45, 2.75) is 19.3 Å². The van der Waals surface area contributed by atoms with Gasteiger partial charge >= 0.3 is 0 Å². The molecule has 0 unspecified atom stereocenters. The first-order valence-electron chi connectivity index (χ1n) is 7.45. The fourth-order valence-electron chi connectivity index (χ4n) is 2.17. The molecule has 0 saturated carbocycles. The Kier molecular flexibility index (Phi) is 5.98. The quantitative estimate of drug-likeness (QED) is 0.576. The Hall–Kier alpha value is -2.13. The first-order valence-corrected chi connectivity index (χ1v) is 7.45. The van der Waals surface area contributed by atoms with Gasteiger partial charge in [-0.25, -0.2) is 0 Å². The first-order chi connectivity index (χ1) is 10.3. The van der Waals surface area contributed by atoms with Crippen molar-refractivity contribution in [3.8, 4) is 0 Å². The summed E-state index contributed by atoms with van der Waals surface area (Å²) in [6, 6.07) is 17.0. The third-order valence-electron chi connectivity index (χ3n) is 3.39. The molecular weight excluding hydrogens is 260 g/mol. The van der Waals surface area contributed by atoms with Gasteiger partial charge in [-0.15, -0.1) is 0 Å². The summed E-state index contributed by atoms with van der Waals surface area (Å²) in [6.07, 6.45) is 3.34. The Balaban J connectivity index is 1.88. The number of rotatable bonds is 8. The van der Waals surface area contributed by atoms with Crippen LogP contribution < -0.4 is 11.1 Å². The normalized spacial score (nSPS) is 10.3. The van der Waals surface area contributed by atoms with E-state index in [4.69, 9.17) is 5.73 Å². The van der Waals surface area contributed by atoms with Crippen LogP contribution >= 0.6 is 0 Å². The van der Waals surface area contributed by atoms with E-state index in [1.54, 1.807) is 0 Å². The van der Waals surface area contributed by atoms with Crippen LogP contribution in [0.1, 0.15) is 35.2 Å². The number of carbonyl (C=O) groups excluding carboxylic acids is 1. The maximum absolute atomic E-state index is 12.3. The third-order valence-corrected chi connectivity index (χ3v) is 3.39. The largest absolute Gasteiger partial charge is 0.385 e. The highest BCUT2D eigenvalue weighted by Gasteiger charge is 2.07. The average molecular weight is 282 g/mol. The van der Waals surface area contributed by atoms with E-state index in [2.05, 4.69) is 5.32 Å². The maximum atomic E-state index is 12.3. The highest BCUT2D eigenvalue weighted by Crippen LogP contribution is 2.14. The van der Waals surface area contributed by atoms with Crippen molar-refractivity contribution in [3.05, 3.63) is 65.7 Å². The van der Waals surface area contributed by atoms with Gasteiger partial charge < -0.3 is 11.1 Å². The summed E-state index contributed by atoms with van der Waals surface area (Å²) in [5.41, 5.74) is 7.95. The first kappa shape index (κ1) is 15.3. The Morgan fingerprint density at radius 2 is 1.52 bits per heavy atom. The minimum Gasteiger partial charge on any atom is -0.385 e. The van der Waals surface area contributed by atoms with Crippen molar-refractivity contribution in [3.63, 3.8) is 0 Å². The van der Waals surface area contributed by atoms with E-state index in [9.17, 15) is 4.79 Å². The van der Waals surface area contributed by atoms with E-state index >= 15 is 0 Å². The van der Waals surface area contributed by atoms with Crippen LogP contribution in [0.15, 0.2) is 54.6 Å². The molecular formula is C18H22N2O. The molecule has 3 heteroatoms. The molecule has 0 bridgehead atoms. The molecule has 2 rings (SSSR count). The van der Waals surface area contributed by atoms with Crippen LogP contribution in [0.2, 0.25) is 0 Å². The number of ketones is 1. The Morgan fingerprint density at radius 1 is 0.857 bits per heavy atom. The van der Waals surface area contributed by atoms with Crippen LogP contribution in [0, 0.1) is 0 Å². The predicted octanol–water partition coefficient (Wildman–Crippen LogP) is 3.46. The highest BCUT2D eigenvalue weighted by atomic mass is 16.1. The van der Waals surface area contributed by atoms with Crippen molar-refractivity contribution in [1.29, 1.82) is 0 Å². The molecule has 3 N–H and O–H groups in total. The van der Waals surface area contributed by atoms with Crippen molar-refractivity contribution < 1.29 is 4.79 Å². The van der Waals surface area contributed by atoms with Crippen LogP contribution in [-0.2, 0) is 0 Å². The van der Waals surface area contributed by atoms with Gasteiger partial charge in [0.25, 0.3) is 0 Å². The summed E-state index contributed by atoms with van der Waals surface area (Å²) in [6.45, 7) is 1.70. The second kappa shape index (κ2) is 8.22. The number of nitrogens with two attached hydrogens (primary N) is 1. The summed E-state index contributed by atoms with van der Waals surface area (Å²) in [5.74, 6) is 0.0603. The van der Waals surface area contributed by atoms with Crippen LogP contribution in [-0.4, -0.2) is 18.9 Å². The topological polar surface area (TPSA) is 55.1 Å². The number of hydrogen-bond acceptors (Lipinski definition) is 3. The second-order valence-electron chi connectivity index (χ2n) is 5.05. The lowest BCUT2D eigenvalue weighted by Crippen LogP contribution is -2.05. The molecule has 0 amide bonds. The molecule has 0 aromatic heterocycles. The van der Waals surface area contributed by atoms with Crippen molar-refractivity contribution >= 4 is 11.5 Å². The minimum absolute atomic E-state index is 0.0603. The fraction of sp³-hybridized carbons (Fsp3) is 0.278. The van der Waals surface area contributed by atoms with Gasteiger partial charge in [0.1, 0.15) is 0 Å². The molecule has 0 fully saturated rings. The maximum Gasteiger partial charge on any atom is 0.193 e. The van der Waals surface area contributed by atoms with E-state index in [0.29, 0.717) is 0 Å². The molecule has 0 spiro atoms. The molecule has 0 radical (unpaired) electrons. The molecule has 0 atom stereocenters. The van der Waals surface area contributed by atoms with E-state index in [1.807, 2.05) is 54.6 Å². The van der Waals surface area contributed by atoms with E-state index in [1.165, 1.54) is 0 Å². The number of nitrogens with one attached hydrogen (secondary N) is 1. The predicted molar refractivity (Wildman–Crippen MR) is 87.7 cm³/mol. The summed E-state index contributed by atoms with van der Waals surface area (Å²) < 4.78 is 0. The number of carbonyl (C=O) groups is 1. The van der Waals surface area contributed by atoms with Crippen molar-refractivity contribution in [1.82, 2.24) is 0 Å². The molecule has 3 nitrogen and oxygen atoms in total. The molecule has 0 saturated heterocycles. The van der Waals surface area contributed by atoms with Crippen LogP contribution in [0.5, 0.6) is 0 Å². The van der Waals surface area contributed by atoms with Gasteiger partial charge in [0, 0.05) is 23.4 Å². The Bertz CT molecular complexity index is 549. The van der Waals surface area contributed by atoms with Gasteiger partial charge in [0.2, 0.25) is 0 Å². The zero-order chi connectivity index (χ0) is 14.9. The van der Waals surface area contributed by atoms with Crippen molar-refractivity contribution in [2.75, 3.05) is 18.4 Å². The fourth-order valence-corrected chi connectivity index (χ4v) is 2.17. The number of hydrogen-bond donors (Lipinski definition) is 2. The smallest absolute Gasteiger partial charge is 0.193 e. The summed E-state index contributed by atoms with van der Waals surface area (Å²) in [5, 5.41) is 3.36. The third kappa shape index (κ3) is 4.72. The molecule has 2 aromatic carbocycles. The van der Waals surface area contributed by atoms with Gasteiger partial charge in [-0.05, 0) is 43.7 Å². The van der Waals surface area contributed by atoms with Gasteiger partial charge in [-0.3, -0.25) is 4.79 Å². The summed E-state index contributed by atoms with van der Waals surface area (Å²) >= 11 is 0. The Morgan fingerprint density at radius 3 is 2.19 bits per heavy atom. The SMILES string of the molecule is NCCCCCNc1ccc(C(=O)c2ccccc2)cc1. The van der Waals surface area contributed by atoms with Gasteiger partial charge in [-0.2, -0.15) is 0 Å². The molecule has 21 heavy (non-hydrogen) atoms. The lowest BCUT2D eigenvalue weighted by molar-refractivity contribution is 0.103. The van der Waals surface area contributed by atoms with Crippen LogP contribution in [0.4, 0.5) is 5.69 Å². The van der Waals surface area contributed by atoms with E-state index < -0.39 is 0 Å². The second-order valence-corrected chi connectivity index (χ2v) is 5.05.